The summed E-state index contributed by atoms with van der Waals surface area (Å²) in [5.41, 5.74) is 1.23. The fraction of sp³-hybridized carbons (Fsp3) is 0.364. The minimum Gasteiger partial charge on any atom is -0.287 e. The molecule has 0 amide bonds. The summed E-state index contributed by atoms with van der Waals surface area (Å²) in [5.74, 6) is 0. The Morgan fingerprint density at radius 2 is 1.92 bits per heavy atom. The van der Waals surface area contributed by atoms with Gasteiger partial charge in [-0.3, -0.25) is 4.79 Å². The lowest BCUT2D eigenvalue weighted by Crippen LogP contribution is -1.89. The topological polar surface area (TPSA) is 17.1 Å². The van der Waals surface area contributed by atoms with Crippen molar-refractivity contribution < 1.29 is 4.79 Å². The normalized spacial score (nSPS) is 10.0. The van der Waals surface area contributed by atoms with Crippen molar-refractivity contribution in [2.45, 2.75) is 31.6 Å². The van der Waals surface area contributed by atoms with E-state index in [0.29, 0.717) is 6.42 Å². The fourth-order valence-corrected chi connectivity index (χ4v) is 1.83. The average Bonchev–Trinajstić information content (AvgIpc) is 2.09. The Bertz CT molecular complexity index is 277. The Morgan fingerprint density at radius 1 is 1.31 bits per heavy atom. The van der Waals surface area contributed by atoms with Crippen LogP contribution in [0.2, 0.25) is 0 Å². The smallest absolute Gasteiger partial charge is 0.193 e. The fourth-order valence-electron chi connectivity index (χ4n) is 0.993. The van der Waals surface area contributed by atoms with Gasteiger partial charge in [-0.05, 0) is 25.5 Å². The van der Waals surface area contributed by atoms with Crippen molar-refractivity contribution in [1.82, 2.24) is 0 Å². The Hall–Kier alpha value is -0.760. The number of hydrogen-bond donors (Lipinski definition) is 0. The van der Waals surface area contributed by atoms with Crippen LogP contribution in [0.1, 0.15) is 25.3 Å². The van der Waals surface area contributed by atoms with Gasteiger partial charge in [-0.15, -0.1) is 0 Å². The van der Waals surface area contributed by atoms with Gasteiger partial charge in [-0.1, -0.05) is 36.4 Å². The number of hydrogen-bond acceptors (Lipinski definition) is 2. The molecule has 0 aromatic heterocycles. The molecule has 2 heteroatoms. The lowest BCUT2D eigenvalue weighted by molar-refractivity contribution is -0.111. The molecule has 0 heterocycles. The van der Waals surface area contributed by atoms with E-state index in [1.165, 1.54) is 17.3 Å². The molecule has 0 aliphatic carbocycles. The van der Waals surface area contributed by atoms with Crippen molar-refractivity contribution in [1.29, 1.82) is 0 Å². The molecule has 0 saturated heterocycles. The summed E-state index contributed by atoms with van der Waals surface area (Å²) >= 11 is 1.34. The maximum absolute atomic E-state index is 11.3. The number of aryl methyl sites for hydroxylation is 1. The van der Waals surface area contributed by atoms with Crippen molar-refractivity contribution in [3.8, 4) is 0 Å². The molecule has 0 fully saturated rings. The van der Waals surface area contributed by atoms with Gasteiger partial charge in [-0.2, -0.15) is 0 Å². The molecule has 1 aromatic carbocycles. The molecule has 0 aliphatic heterocycles. The Labute approximate surface area is 83.5 Å². The van der Waals surface area contributed by atoms with E-state index in [9.17, 15) is 4.79 Å². The first-order chi connectivity index (χ1) is 6.22. The SMILES string of the molecule is CCCC(=O)Sc1ccc(C)cc1. The van der Waals surface area contributed by atoms with E-state index in [1.54, 1.807) is 0 Å². The molecule has 1 rings (SSSR count). The highest BCUT2D eigenvalue weighted by molar-refractivity contribution is 8.13. The summed E-state index contributed by atoms with van der Waals surface area (Å²) in [6, 6.07) is 8.05. The van der Waals surface area contributed by atoms with Gasteiger partial charge in [0.1, 0.15) is 0 Å². The summed E-state index contributed by atoms with van der Waals surface area (Å²) in [6.45, 7) is 4.07. The predicted octanol–water partition coefficient (Wildman–Crippen LogP) is 3.41. The highest BCUT2D eigenvalue weighted by Crippen LogP contribution is 2.20. The zero-order chi connectivity index (χ0) is 9.68. The Balaban J connectivity index is 2.54. The van der Waals surface area contributed by atoms with Gasteiger partial charge < -0.3 is 0 Å². The highest BCUT2D eigenvalue weighted by atomic mass is 32.2. The maximum Gasteiger partial charge on any atom is 0.193 e. The van der Waals surface area contributed by atoms with Crippen LogP contribution < -0.4 is 0 Å². The van der Waals surface area contributed by atoms with E-state index in [4.69, 9.17) is 0 Å². The molecule has 70 valence electrons. The van der Waals surface area contributed by atoms with Crippen LogP contribution in [0.4, 0.5) is 0 Å². The van der Waals surface area contributed by atoms with Crippen molar-refractivity contribution in [2.24, 2.45) is 0 Å². The Kier molecular flexibility index (Phi) is 4.03. The van der Waals surface area contributed by atoms with Crippen LogP contribution in [-0.2, 0) is 4.79 Å². The number of carbonyl (C=O) groups is 1. The monoisotopic (exact) mass is 194 g/mol. The molecule has 0 unspecified atom stereocenters. The van der Waals surface area contributed by atoms with Crippen LogP contribution in [-0.4, -0.2) is 5.12 Å². The number of thioether (sulfide) groups is 1. The third kappa shape index (κ3) is 3.64. The van der Waals surface area contributed by atoms with Gasteiger partial charge in [-0.25, -0.2) is 0 Å². The van der Waals surface area contributed by atoms with E-state index >= 15 is 0 Å². The highest BCUT2D eigenvalue weighted by Gasteiger charge is 2.02. The summed E-state index contributed by atoms with van der Waals surface area (Å²) in [6.07, 6.45) is 1.59. The van der Waals surface area contributed by atoms with Crippen LogP contribution in [0.15, 0.2) is 29.2 Å². The Morgan fingerprint density at radius 3 is 2.46 bits per heavy atom. The first-order valence-corrected chi connectivity index (χ1v) is 5.31. The maximum atomic E-state index is 11.3. The predicted molar refractivity (Wildman–Crippen MR) is 57.0 cm³/mol. The van der Waals surface area contributed by atoms with Gasteiger partial charge in [0.2, 0.25) is 0 Å². The lowest BCUT2D eigenvalue weighted by atomic mass is 10.2. The third-order valence-corrected chi connectivity index (χ3v) is 2.65. The molecule has 0 aliphatic rings. The zero-order valence-electron chi connectivity index (χ0n) is 8.04. The second kappa shape index (κ2) is 5.07. The second-order valence-corrected chi connectivity index (χ2v) is 4.17. The molecule has 0 bridgehead atoms. The van der Waals surface area contributed by atoms with E-state index in [0.717, 1.165) is 11.3 Å². The molecular formula is C11H14OS. The molecule has 0 saturated carbocycles. The molecule has 1 aromatic rings. The van der Waals surface area contributed by atoms with Crippen molar-refractivity contribution in [2.75, 3.05) is 0 Å². The lowest BCUT2D eigenvalue weighted by Gasteiger charge is -1.99. The van der Waals surface area contributed by atoms with Gasteiger partial charge in [0.15, 0.2) is 5.12 Å². The van der Waals surface area contributed by atoms with Crippen LogP contribution in [0.25, 0.3) is 0 Å². The summed E-state index contributed by atoms with van der Waals surface area (Å²) in [5, 5.41) is 0.256. The van der Waals surface area contributed by atoms with Crippen LogP contribution in [0.3, 0.4) is 0 Å². The largest absolute Gasteiger partial charge is 0.287 e. The van der Waals surface area contributed by atoms with Crippen LogP contribution >= 0.6 is 11.8 Å². The van der Waals surface area contributed by atoms with Gasteiger partial charge in [0.05, 0.1) is 0 Å². The first kappa shape index (κ1) is 10.3. The van der Waals surface area contributed by atoms with Crippen LogP contribution in [0.5, 0.6) is 0 Å². The van der Waals surface area contributed by atoms with Gasteiger partial charge in [0.25, 0.3) is 0 Å². The van der Waals surface area contributed by atoms with Crippen LogP contribution in [0, 0.1) is 6.92 Å². The molecule has 0 spiro atoms. The molecule has 0 atom stereocenters. The standard InChI is InChI=1S/C11H14OS/c1-3-4-11(12)13-10-7-5-9(2)6-8-10/h5-8H,3-4H2,1-2H3. The quantitative estimate of drug-likeness (QED) is 0.686. The first-order valence-electron chi connectivity index (χ1n) is 4.49. The minimum absolute atomic E-state index is 0.256. The number of rotatable bonds is 3. The summed E-state index contributed by atoms with van der Waals surface area (Å²) in [7, 11) is 0. The number of carbonyl (C=O) groups excluding carboxylic acids is 1. The molecule has 1 nitrogen and oxygen atoms in total. The zero-order valence-corrected chi connectivity index (χ0v) is 8.86. The third-order valence-electron chi connectivity index (χ3n) is 1.71. The van der Waals surface area contributed by atoms with Crippen molar-refractivity contribution in [3.05, 3.63) is 29.8 Å². The second-order valence-electron chi connectivity index (χ2n) is 3.04. The van der Waals surface area contributed by atoms with E-state index in [2.05, 4.69) is 0 Å². The molecular weight excluding hydrogens is 180 g/mol. The average molecular weight is 194 g/mol. The van der Waals surface area contributed by atoms with E-state index in [1.807, 2.05) is 38.1 Å². The van der Waals surface area contributed by atoms with E-state index in [-0.39, 0.29) is 5.12 Å². The van der Waals surface area contributed by atoms with Gasteiger partial charge >= 0.3 is 0 Å². The summed E-state index contributed by atoms with van der Waals surface area (Å²) < 4.78 is 0. The van der Waals surface area contributed by atoms with Crippen molar-refractivity contribution >= 4 is 16.9 Å². The summed E-state index contributed by atoms with van der Waals surface area (Å²) in [4.78, 5) is 12.3. The van der Waals surface area contributed by atoms with E-state index < -0.39 is 0 Å². The molecule has 0 radical (unpaired) electrons. The van der Waals surface area contributed by atoms with Gasteiger partial charge in [0, 0.05) is 11.3 Å². The minimum atomic E-state index is 0.256. The molecule has 13 heavy (non-hydrogen) atoms. The van der Waals surface area contributed by atoms with Crippen molar-refractivity contribution in [3.63, 3.8) is 0 Å². The number of benzene rings is 1. The molecule has 0 N–H and O–H groups in total.